The monoisotopic (exact) mass is 202 g/mol. The van der Waals surface area contributed by atoms with Gasteiger partial charge in [0.1, 0.15) is 0 Å². The van der Waals surface area contributed by atoms with Gasteiger partial charge >= 0.3 is 0 Å². The van der Waals surface area contributed by atoms with Crippen LogP contribution in [0, 0.1) is 11.8 Å². The Hall–Kier alpha value is 0.870. The van der Waals surface area contributed by atoms with Gasteiger partial charge in [-0.25, -0.2) is 0 Å². The fourth-order valence-corrected chi connectivity index (χ4v) is 1.77. The van der Waals surface area contributed by atoms with Crippen LogP contribution in [0.15, 0.2) is 0 Å². The first-order valence-electron chi connectivity index (χ1n) is 3.44. The van der Waals surface area contributed by atoms with E-state index in [0.29, 0.717) is 29.5 Å². The summed E-state index contributed by atoms with van der Waals surface area (Å²) in [4.78, 5) is 0. The lowest BCUT2D eigenvalue weighted by atomic mass is 9.95. The van der Waals surface area contributed by atoms with Crippen molar-refractivity contribution in [2.75, 3.05) is 17.6 Å². The minimum atomic E-state index is 0.483. The third kappa shape index (κ3) is 3.90. The zero-order valence-corrected chi connectivity index (χ0v) is 8.38. The summed E-state index contributed by atoms with van der Waals surface area (Å²) in [5, 5.41) is 0. The first-order valence-corrected chi connectivity index (χ1v) is 5.04. The molecule has 0 aliphatic heterocycles. The van der Waals surface area contributed by atoms with Gasteiger partial charge in [0.15, 0.2) is 0 Å². The molecular formula is C7H13Cl3. The Morgan fingerprint density at radius 3 is 2.00 bits per heavy atom. The third-order valence-corrected chi connectivity index (χ3v) is 2.83. The minimum absolute atomic E-state index is 0.483. The lowest BCUT2D eigenvalue weighted by Crippen LogP contribution is -2.15. The Labute approximate surface area is 77.8 Å². The molecule has 62 valence electrons. The average molecular weight is 204 g/mol. The van der Waals surface area contributed by atoms with Gasteiger partial charge in [0, 0.05) is 17.6 Å². The normalized spacial score (nSPS) is 16.8. The van der Waals surface area contributed by atoms with Gasteiger partial charge in [-0.1, -0.05) is 6.92 Å². The van der Waals surface area contributed by atoms with E-state index in [-0.39, 0.29) is 0 Å². The second-order valence-corrected chi connectivity index (χ2v) is 3.52. The van der Waals surface area contributed by atoms with Crippen molar-refractivity contribution in [3.8, 4) is 0 Å². The lowest BCUT2D eigenvalue weighted by Gasteiger charge is -2.17. The molecule has 0 bridgehead atoms. The molecule has 0 aliphatic rings. The quantitative estimate of drug-likeness (QED) is 0.601. The Balaban J connectivity index is 3.56. The van der Waals surface area contributed by atoms with Crippen LogP contribution in [0.25, 0.3) is 0 Å². The Bertz CT molecular complexity index is 75.3. The highest BCUT2D eigenvalue weighted by Crippen LogP contribution is 2.18. The molecule has 0 radical (unpaired) electrons. The lowest BCUT2D eigenvalue weighted by molar-refractivity contribution is 0.419. The molecule has 2 unspecified atom stereocenters. The highest BCUT2D eigenvalue weighted by atomic mass is 35.5. The predicted octanol–water partition coefficient (Wildman–Crippen LogP) is 3.35. The Kier molecular flexibility index (Phi) is 7.14. The molecule has 0 heterocycles. The molecule has 0 amide bonds. The molecule has 0 N–H and O–H groups in total. The van der Waals surface area contributed by atoms with Gasteiger partial charge in [-0.15, -0.1) is 34.8 Å². The molecule has 0 spiro atoms. The molecule has 0 rings (SSSR count). The summed E-state index contributed by atoms with van der Waals surface area (Å²) in [6, 6.07) is 0. The average Bonchev–Trinajstić information content (AvgIpc) is 1.99. The van der Waals surface area contributed by atoms with Crippen molar-refractivity contribution in [1.82, 2.24) is 0 Å². The van der Waals surface area contributed by atoms with Crippen molar-refractivity contribution in [3.63, 3.8) is 0 Å². The van der Waals surface area contributed by atoms with Gasteiger partial charge in [0.2, 0.25) is 0 Å². The Morgan fingerprint density at radius 2 is 1.70 bits per heavy atom. The van der Waals surface area contributed by atoms with Crippen molar-refractivity contribution < 1.29 is 0 Å². The fourth-order valence-electron chi connectivity index (χ4n) is 0.780. The molecule has 3 heteroatoms. The van der Waals surface area contributed by atoms with Gasteiger partial charge < -0.3 is 0 Å². The van der Waals surface area contributed by atoms with Gasteiger partial charge in [-0.3, -0.25) is 0 Å². The zero-order chi connectivity index (χ0) is 7.98. The summed E-state index contributed by atoms with van der Waals surface area (Å²) in [5.41, 5.74) is 0. The van der Waals surface area contributed by atoms with E-state index in [1.165, 1.54) is 0 Å². The van der Waals surface area contributed by atoms with Crippen LogP contribution in [-0.2, 0) is 0 Å². The highest BCUT2D eigenvalue weighted by Gasteiger charge is 2.13. The number of alkyl halides is 3. The predicted molar refractivity (Wildman–Crippen MR) is 49.4 cm³/mol. The van der Waals surface area contributed by atoms with Crippen molar-refractivity contribution in [3.05, 3.63) is 0 Å². The van der Waals surface area contributed by atoms with Crippen LogP contribution in [0.4, 0.5) is 0 Å². The summed E-state index contributed by atoms with van der Waals surface area (Å²) in [5.74, 6) is 2.99. The topological polar surface area (TPSA) is 0 Å². The van der Waals surface area contributed by atoms with Crippen LogP contribution in [0.1, 0.15) is 13.3 Å². The van der Waals surface area contributed by atoms with E-state index in [2.05, 4.69) is 6.92 Å². The van der Waals surface area contributed by atoms with Gasteiger partial charge in [-0.05, 0) is 18.3 Å². The van der Waals surface area contributed by atoms with Crippen molar-refractivity contribution in [2.45, 2.75) is 13.3 Å². The third-order valence-electron chi connectivity index (χ3n) is 1.73. The van der Waals surface area contributed by atoms with E-state index in [4.69, 9.17) is 34.8 Å². The van der Waals surface area contributed by atoms with Gasteiger partial charge in [0.05, 0.1) is 0 Å². The molecule has 2 atom stereocenters. The molecule has 0 aromatic carbocycles. The van der Waals surface area contributed by atoms with Crippen LogP contribution in [0.3, 0.4) is 0 Å². The summed E-state index contributed by atoms with van der Waals surface area (Å²) in [6.45, 7) is 2.10. The maximum Gasteiger partial charge on any atom is 0.0255 e. The van der Waals surface area contributed by atoms with Gasteiger partial charge in [0.25, 0.3) is 0 Å². The first-order chi connectivity index (χ1) is 4.76. The van der Waals surface area contributed by atoms with Crippen molar-refractivity contribution in [2.24, 2.45) is 11.8 Å². The van der Waals surface area contributed by atoms with E-state index >= 15 is 0 Å². The largest absolute Gasteiger partial charge is 0.127 e. The molecule has 10 heavy (non-hydrogen) atoms. The minimum Gasteiger partial charge on any atom is -0.127 e. The van der Waals surface area contributed by atoms with E-state index in [1.54, 1.807) is 0 Å². The summed E-state index contributed by atoms with van der Waals surface area (Å²) >= 11 is 16.9. The second kappa shape index (κ2) is 6.57. The van der Waals surface area contributed by atoms with Crippen molar-refractivity contribution in [1.29, 1.82) is 0 Å². The number of hydrogen-bond acceptors (Lipinski definition) is 0. The fraction of sp³-hybridized carbons (Fsp3) is 1.00. The van der Waals surface area contributed by atoms with E-state index < -0.39 is 0 Å². The molecule has 0 saturated heterocycles. The SMILES string of the molecule is CC(CCl)C(CCl)CCCl. The number of halogens is 3. The Morgan fingerprint density at radius 1 is 1.10 bits per heavy atom. The van der Waals surface area contributed by atoms with Crippen LogP contribution >= 0.6 is 34.8 Å². The second-order valence-electron chi connectivity index (χ2n) is 2.52. The molecular weight excluding hydrogens is 190 g/mol. The smallest absolute Gasteiger partial charge is 0.0255 e. The summed E-state index contributed by atoms with van der Waals surface area (Å²) in [6.07, 6.45) is 0.971. The number of rotatable bonds is 5. The molecule has 0 aliphatic carbocycles. The summed E-state index contributed by atoms with van der Waals surface area (Å²) in [7, 11) is 0. The first kappa shape index (κ1) is 10.9. The summed E-state index contributed by atoms with van der Waals surface area (Å²) < 4.78 is 0. The van der Waals surface area contributed by atoms with Crippen LogP contribution in [-0.4, -0.2) is 17.6 Å². The van der Waals surface area contributed by atoms with Gasteiger partial charge in [-0.2, -0.15) is 0 Å². The van der Waals surface area contributed by atoms with E-state index in [1.807, 2.05) is 0 Å². The van der Waals surface area contributed by atoms with E-state index in [0.717, 1.165) is 6.42 Å². The molecule has 0 fully saturated rings. The maximum absolute atomic E-state index is 5.70. The number of hydrogen-bond donors (Lipinski definition) is 0. The van der Waals surface area contributed by atoms with Crippen LogP contribution in [0.2, 0.25) is 0 Å². The maximum atomic E-state index is 5.70. The van der Waals surface area contributed by atoms with Crippen LogP contribution < -0.4 is 0 Å². The molecule has 0 nitrogen and oxygen atoms in total. The van der Waals surface area contributed by atoms with Crippen LogP contribution in [0.5, 0.6) is 0 Å². The zero-order valence-electron chi connectivity index (χ0n) is 6.12. The molecule has 0 saturated carbocycles. The van der Waals surface area contributed by atoms with Crippen molar-refractivity contribution >= 4 is 34.8 Å². The highest BCUT2D eigenvalue weighted by molar-refractivity contribution is 6.19. The van der Waals surface area contributed by atoms with E-state index in [9.17, 15) is 0 Å². The molecule has 0 aromatic heterocycles. The molecule has 0 aromatic rings. The standard InChI is InChI=1S/C7H13Cl3/c1-6(4-9)7(5-10)2-3-8/h6-7H,2-5H2,1H3.